The Morgan fingerprint density at radius 2 is 1.92 bits per heavy atom. The summed E-state index contributed by atoms with van der Waals surface area (Å²) in [7, 11) is -3.92. The third-order valence-corrected chi connectivity index (χ3v) is 5.45. The molecule has 1 aromatic heterocycles. The molecule has 0 bridgehead atoms. The summed E-state index contributed by atoms with van der Waals surface area (Å²) < 4.78 is 24.0. The molecular formula is C18H22N4O3S. The van der Waals surface area contributed by atoms with Crippen LogP contribution < -0.4 is 10.0 Å². The topological polar surface area (TPSA) is 96.6 Å². The maximum atomic E-state index is 12.0. The van der Waals surface area contributed by atoms with Crippen LogP contribution in [0.15, 0.2) is 47.6 Å². The van der Waals surface area contributed by atoms with Gasteiger partial charge in [0, 0.05) is 50.7 Å². The van der Waals surface area contributed by atoms with E-state index in [1.54, 1.807) is 18.3 Å². The molecule has 2 aromatic rings. The van der Waals surface area contributed by atoms with Crippen LogP contribution >= 0.6 is 0 Å². The van der Waals surface area contributed by atoms with Crippen LogP contribution in [0.5, 0.6) is 0 Å². The van der Waals surface area contributed by atoms with Gasteiger partial charge >= 0.3 is 0 Å². The molecule has 0 atom stereocenters. The number of sulfonamides is 1. The first-order chi connectivity index (χ1) is 12.3. The van der Waals surface area contributed by atoms with Gasteiger partial charge in [-0.25, -0.2) is 13.6 Å². The van der Waals surface area contributed by atoms with E-state index >= 15 is 0 Å². The number of benzene rings is 1. The lowest BCUT2D eigenvalue weighted by Crippen LogP contribution is -2.46. The number of nitrogens with zero attached hydrogens (tertiary/aromatic N) is 3. The molecule has 2 N–H and O–H groups in total. The number of ketones is 1. The molecule has 0 spiro atoms. The molecule has 2 heterocycles. The number of aromatic nitrogens is 1. The van der Waals surface area contributed by atoms with Crippen molar-refractivity contribution in [2.75, 3.05) is 31.1 Å². The van der Waals surface area contributed by atoms with E-state index in [4.69, 9.17) is 5.14 Å². The van der Waals surface area contributed by atoms with Gasteiger partial charge in [0.25, 0.3) is 0 Å². The summed E-state index contributed by atoms with van der Waals surface area (Å²) in [4.78, 5) is 20.0. The van der Waals surface area contributed by atoms with Crippen LogP contribution in [0.2, 0.25) is 0 Å². The van der Waals surface area contributed by atoms with Crippen LogP contribution in [-0.4, -0.2) is 50.3 Å². The minimum absolute atomic E-state index is 0.00547. The summed E-state index contributed by atoms with van der Waals surface area (Å²) >= 11 is 0. The first-order valence-electron chi connectivity index (χ1n) is 8.38. The number of Topliss-reactive ketones (excluding diaryl/α,β-unsaturated/α-hetero) is 1. The number of nitrogens with two attached hydrogens (primary N) is 1. The predicted octanol–water partition coefficient (Wildman–Crippen LogP) is 1.25. The standard InChI is InChI=1S/C18H22N4O3S/c1-14(23)16-4-5-17(18(11-16)26(19,24)25)22-9-7-21(8-10-22)13-15-3-2-6-20-12-15/h2-6,11-12H,7-10,13H2,1H3,(H2,19,24,25). The van der Waals surface area contributed by atoms with Gasteiger partial charge in [-0.05, 0) is 36.8 Å². The van der Waals surface area contributed by atoms with Gasteiger partial charge in [-0.3, -0.25) is 14.7 Å². The molecule has 0 saturated carbocycles. The van der Waals surface area contributed by atoms with Crippen LogP contribution in [0.1, 0.15) is 22.8 Å². The second kappa shape index (κ2) is 7.53. The Balaban J connectivity index is 1.76. The zero-order valence-electron chi connectivity index (χ0n) is 14.6. The maximum absolute atomic E-state index is 12.0. The summed E-state index contributed by atoms with van der Waals surface area (Å²) in [5, 5.41) is 5.38. The zero-order valence-corrected chi connectivity index (χ0v) is 15.4. The molecule has 0 radical (unpaired) electrons. The van der Waals surface area contributed by atoms with Crippen molar-refractivity contribution in [1.82, 2.24) is 9.88 Å². The largest absolute Gasteiger partial charge is 0.368 e. The van der Waals surface area contributed by atoms with E-state index in [9.17, 15) is 13.2 Å². The van der Waals surface area contributed by atoms with Crippen molar-refractivity contribution in [3.8, 4) is 0 Å². The lowest BCUT2D eigenvalue weighted by Gasteiger charge is -2.36. The van der Waals surface area contributed by atoms with Gasteiger partial charge in [-0.2, -0.15) is 0 Å². The fourth-order valence-electron chi connectivity index (χ4n) is 3.12. The van der Waals surface area contributed by atoms with E-state index in [1.165, 1.54) is 13.0 Å². The molecule has 26 heavy (non-hydrogen) atoms. The third-order valence-electron chi connectivity index (χ3n) is 4.51. The number of hydrogen-bond acceptors (Lipinski definition) is 6. The molecule has 1 aromatic carbocycles. The van der Waals surface area contributed by atoms with Crippen LogP contribution in [-0.2, 0) is 16.6 Å². The van der Waals surface area contributed by atoms with Crippen molar-refractivity contribution in [1.29, 1.82) is 0 Å². The van der Waals surface area contributed by atoms with E-state index in [-0.39, 0.29) is 10.7 Å². The molecular weight excluding hydrogens is 352 g/mol. The van der Waals surface area contributed by atoms with Crippen molar-refractivity contribution in [2.24, 2.45) is 5.14 Å². The molecule has 3 rings (SSSR count). The van der Waals surface area contributed by atoms with Crippen LogP contribution in [0.25, 0.3) is 0 Å². The van der Waals surface area contributed by atoms with Gasteiger partial charge in [0.1, 0.15) is 4.90 Å². The summed E-state index contributed by atoms with van der Waals surface area (Å²) in [5.74, 6) is -0.192. The Hall–Kier alpha value is -2.29. The highest BCUT2D eigenvalue weighted by Gasteiger charge is 2.24. The normalized spacial score (nSPS) is 15.8. The van der Waals surface area contributed by atoms with Gasteiger partial charge in [-0.15, -0.1) is 0 Å². The fraction of sp³-hybridized carbons (Fsp3) is 0.333. The number of rotatable bonds is 5. The summed E-state index contributed by atoms with van der Waals surface area (Å²) in [5.41, 5.74) is 2.04. The van der Waals surface area contributed by atoms with Gasteiger partial charge < -0.3 is 4.90 Å². The number of carbonyl (C=O) groups is 1. The zero-order chi connectivity index (χ0) is 18.7. The quantitative estimate of drug-likeness (QED) is 0.792. The maximum Gasteiger partial charge on any atom is 0.240 e. The molecule has 0 amide bonds. The number of hydrogen-bond donors (Lipinski definition) is 1. The van der Waals surface area contributed by atoms with Gasteiger partial charge in [0.15, 0.2) is 5.78 Å². The van der Waals surface area contributed by atoms with Crippen molar-refractivity contribution < 1.29 is 13.2 Å². The van der Waals surface area contributed by atoms with Crippen LogP contribution in [0.4, 0.5) is 5.69 Å². The molecule has 1 aliphatic rings. The van der Waals surface area contributed by atoms with Crippen LogP contribution in [0.3, 0.4) is 0 Å². The average Bonchev–Trinajstić information content (AvgIpc) is 2.62. The molecule has 0 unspecified atom stereocenters. The lowest BCUT2D eigenvalue weighted by molar-refractivity contribution is 0.101. The Bertz CT molecular complexity index is 892. The average molecular weight is 374 g/mol. The van der Waals surface area contributed by atoms with E-state index in [0.717, 1.165) is 25.2 Å². The van der Waals surface area contributed by atoms with E-state index in [0.29, 0.717) is 24.3 Å². The Morgan fingerprint density at radius 3 is 2.50 bits per heavy atom. The SMILES string of the molecule is CC(=O)c1ccc(N2CCN(Cc3cccnc3)CC2)c(S(N)(=O)=O)c1. The van der Waals surface area contributed by atoms with E-state index in [2.05, 4.69) is 9.88 Å². The number of piperazine rings is 1. The third kappa shape index (κ3) is 4.27. The second-order valence-corrected chi connectivity index (χ2v) is 7.94. The highest BCUT2D eigenvalue weighted by Crippen LogP contribution is 2.27. The highest BCUT2D eigenvalue weighted by molar-refractivity contribution is 7.89. The molecule has 1 aliphatic heterocycles. The van der Waals surface area contributed by atoms with Crippen molar-refractivity contribution in [3.63, 3.8) is 0 Å². The minimum atomic E-state index is -3.92. The smallest absolute Gasteiger partial charge is 0.240 e. The van der Waals surface area contributed by atoms with E-state index < -0.39 is 10.0 Å². The number of primary sulfonamides is 1. The van der Waals surface area contributed by atoms with Gasteiger partial charge in [-0.1, -0.05) is 6.07 Å². The molecule has 1 saturated heterocycles. The Labute approximate surface area is 153 Å². The molecule has 8 heteroatoms. The molecule has 1 fully saturated rings. The van der Waals surface area contributed by atoms with Crippen molar-refractivity contribution >= 4 is 21.5 Å². The molecule has 7 nitrogen and oxygen atoms in total. The number of anilines is 1. The van der Waals surface area contributed by atoms with Gasteiger partial charge in [0.2, 0.25) is 10.0 Å². The minimum Gasteiger partial charge on any atom is -0.368 e. The monoisotopic (exact) mass is 374 g/mol. The number of pyridine rings is 1. The van der Waals surface area contributed by atoms with Crippen LogP contribution in [0, 0.1) is 0 Å². The summed E-state index contributed by atoms with van der Waals surface area (Å²) in [6.45, 7) is 5.18. The predicted molar refractivity (Wildman–Crippen MR) is 99.5 cm³/mol. The Morgan fingerprint density at radius 1 is 1.19 bits per heavy atom. The summed E-state index contributed by atoms with van der Waals surface area (Å²) in [6.07, 6.45) is 3.60. The lowest BCUT2D eigenvalue weighted by atomic mass is 10.1. The van der Waals surface area contributed by atoms with Crippen molar-refractivity contribution in [3.05, 3.63) is 53.9 Å². The second-order valence-electron chi connectivity index (χ2n) is 6.41. The van der Waals surface area contributed by atoms with Crippen molar-refractivity contribution in [2.45, 2.75) is 18.4 Å². The molecule has 138 valence electrons. The first-order valence-corrected chi connectivity index (χ1v) is 9.93. The van der Waals surface area contributed by atoms with Gasteiger partial charge in [0.05, 0.1) is 5.69 Å². The number of carbonyl (C=O) groups excluding carboxylic acids is 1. The fourth-order valence-corrected chi connectivity index (χ4v) is 3.90. The first kappa shape index (κ1) is 18.5. The van der Waals surface area contributed by atoms with E-state index in [1.807, 2.05) is 23.2 Å². The Kier molecular flexibility index (Phi) is 5.36. The summed E-state index contributed by atoms with van der Waals surface area (Å²) in [6, 6.07) is 8.65. The highest BCUT2D eigenvalue weighted by atomic mass is 32.2. The molecule has 0 aliphatic carbocycles.